The summed E-state index contributed by atoms with van der Waals surface area (Å²) in [5, 5.41) is 7.49. The predicted octanol–water partition coefficient (Wildman–Crippen LogP) is 3.60. The lowest BCUT2D eigenvalue weighted by molar-refractivity contribution is 0.0929. The Morgan fingerprint density at radius 2 is 1.97 bits per heavy atom. The van der Waals surface area contributed by atoms with Gasteiger partial charge in [-0.05, 0) is 68.2 Å². The summed E-state index contributed by atoms with van der Waals surface area (Å²) >= 11 is 0. The molecule has 3 aromatic rings. The zero-order valence-corrected chi connectivity index (χ0v) is 17.3. The Labute approximate surface area is 180 Å². The first kappa shape index (κ1) is 19.6. The molecule has 31 heavy (non-hydrogen) atoms. The molecular formula is C25H26N4O2. The molecule has 0 spiro atoms. The Kier molecular flexibility index (Phi) is 5.30. The zero-order valence-electron chi connectivity index (χ0n) is 17.3. The van der Waals surface area contributed by atoms with Crippen molar-refractivity contribution in [3.05, 3.63) is 82.3 Å². The van der Waals surface area contributed by atoms with Gasteiger partial charge in [0.2, 0.25) is 0 Å². The van der Waals surface area contributed by atoms with E-state index >= 15 is 0 Å². The third kappa shape index (κ3) is 3.86. The summed E-state index contributed by atoms with van der Waals surface area (Å²) in [6, 6.07) is 9.64. The van der Waals surface area contributed by atoms with Gasteiger partial charge in [0.05, 0.1) is 11.3 Å². The van der Waals surface area contributed by atoms with Crippen molar-refractivity contribution in [3.63, 3.8) is 0 Å². The molecule has 5 rings (SSSR count). The summed E-state index contributed by atoms with van der Waals surface area (Å²) < 4.78 is 0. The molecule has 158 valence electrons. The molecule has 1 aliphatic heterocycles. The van der Waals surface area contributed by atoms with Crippen LogP contribution in [0.1, 0.15) is 41.1 Å². The van der Waals surface area contributed by atoms with E-state index in [9.17, 15) is 9.59 Å². The van der Waals surface area contributed by atoms with Crippen LogP contribution in [0.3, 0.4) is 0 Å². The number of aromatic amines is 2. The molecule has 1 fully saturated rings. The van der Waals surface area contributed by atoms with Crippen molar-refractivity contribution in [2.75, 3.05) is 13.1 Å². The summed E-state index contributed by atoms with van der Waals surface area (Å²) in [5.41, 5.74) is 3.93. The fourth-order valence-electron chi connectivity index (χ4n) is 4.60. The number of allylic oxidation sites excluding steroid dienone is 4. The first-order valence-corrected chi connectivity index (χ1v) is 10.9. The van der Waals surface area contributed by atoms with Crippen molar-refractivity contribution in [3.8, 4) is 11.3 Å². The van der Waals surface area contributed by atoms with E-state index in [0.717, 1.165) is 54.5 Å². The highest BCUT2D eigenvalue weighted by atomic mass is 16.1. The molecule has 3 heterocycles. The van der Waals surface area contributed by atoms with E-state index in [1.165, 1.54) is 0 Å². The highest BCUT2D eigenvalue weighted by Crippen LogP contribution is 2.38. The van der Waals surface area contributed by atoms with Crippen LogP contribution in [0.2, 0.25) is 0 Å². The number of rotatable bonds is 4. The van der Waals surface area contributed by atoms with Crippen molar-refractivity contribution < 1.29 is 4.79 Å². The maximum absolute atomic E-state index is 13.0. The predicted molar refractivity (Wildman–Crippen MR) is 123 cm³/mol. The quantitative estimate of drug-likeness (QED) is 0.526. The number of carbonyl (C=O) groups excluding carboxylic acids is 1. The van der Waals surface area contributed by atoms with Gasteiger partial charge in [-0.3, -0.25) is 9.59 Å². The van der Waals surface area contributed by atoms with Gasteiger partial charge in [-0.15, -0.1) is 0 Å². The summed E-state index contributed by atoms with van der Waals surface area (Å²) in [5.74, 6) is 0.0928. The SMILES string of the molecule is O=C(NC1CCNCC1)c1ccc2[nH]c(-c3ccc[nH]c3=O)c(C3C=CC=CC3)c2c1. The fourth-order valence-corrected chi connectivity index (χ4v) is 4.60. The molecule has 1 aliphatic carbocycles. The van der Waals surface area contributed by atoms with Gasteiger partial charge in [-0.1, -0.05) is 24.3 Å². The van der Waals surface area contributed by atoms with Crippen LogP contribution in [0.4, 0.5) is 0 Å². The number of H-pyrrole nitrogens is 2. The number of benzene rings is 1. The smallest absolute Gasteiger partial charge is 0.257 e. The van der Waals surface area contributed by atoms with Crippen molar-refractivity contribution >= 4 is 16.8 Å². The molecule has 1 atom stereocenters. The molecule has 2 aliphatic rings. The number of carbonyl (C=O) groups is 1. The minimum atomic E-state index is -0.130. The Bertz CT molecular complexity index is 1230. The molecule has 1 aromatic carbocycles. The summed E-state index contributed by atoms with van der Waals surface area (Å²) in [4.78, 5) is 31.7. The number of hydrogen-bond acceptors (Lipinski definition) is 3. The van der Waals surface area contributed by atoms with Gasteiger partial charge < -0.3 is 20.6 Å². The van der Waals surface area contributed by atoms with Crippen LogP contribution in [-0.4, -0.2) is 35.0 Å². The standard InChI is InChI=1S/C25H26N4O2/c30-24(28-18-10-13-26-14-11-18)17-8-9-21-20(15-17)22(16-5-2-1-3-6-16)23(29-21)19-7-4-12-27-25(19)31/h1-5,7-9,12,15-16,18,26,29H,6,10-11,13-14H2,(H,27,31)(H,28,30). The van der Waals surface area contributed by atoms with Crippen molar-refractivity contribution in [1.82, 2.24) is 20.6 Å². The van der Waals surface area contributed by atoms with Gasteiger partial charge >= 0.3 is 0 Å². The first-order chi connectivity index (χ1) is 15.2. The third-order valence-corrected chi connectivity index (χ3v) is 6.21. The van der Waals surface area contributed by atoms with Crippen LogP contribution in [0.15, 0.2) is 65.6 Å². The maximum atomic E-state index is 13.0. The van der Waals surface area contributed by atoms with Crippen LogP contribution in [0.25, 0.3) is 22.2 Å². The molecular weight excluding hydrogens is 388 g/mol. The van der Waals surface area contributed by atoms with E-state index in [0.29, 0.717) is 11.1 Å². The largest absolute Gasteiger partial charge is 0.354 e. The van der Waals surface area contributed by atoms with Crippen LogP contribution in [0.5, 0.6) is 0 Å². The molecule has 0 bridgehead atoms. The Morgan fingerprint density at radius 1 is 1.10 bits per heavy atom. The molecule has 6 heteroatoms. The third-order valence-electron chi connectivity index (χ3n) is 6.21. The van der Waals surface area contributed by atoms with E-state index < -0.39 is 0 Å². The topological polar surface area (TPSA) is 89.8 Å². The van der Waals surface area contributed by atoms with E-state index in [1.807, 2.05) is 42.5 Å². The minimum Gasteiger partial charge on any atom is -0.354 e. The lowest BCUT2D eigenvalue weighted by atomic mass is 9.88. The number of aromatic nitrogens is 2. The molecule has 0 radical (unpaired) electrons. The molecule has 4 N–H and O–H groups in total. The lowest BCUT2D eigenvalue weighted by Gasteiger charge is -2.23. The zero-order chi connectivity index (χ0) is 21.2. The average Bonchev–Trinajstić information content (AvgIpc) is 3.19. The van der Waals surface area contributed by atoms with Crippen molar-refractivity contribution in [2.24, 2.45) is 0 Å². The van der Waals surface area contributed by atoms with Crippen LogP contribution >= 0.6 is 0 Å². The van der Waals surface area contributed by atoms with Gasteiger partial charge in [-0.2, -0.15) is 0 Å². The van der Waals surface area contributed by atoms with Gasteiger partial charge in [-0.25, -0.2) is 0 Å². The summed E-state index contributed by atoms with van der Waals surface area (Å²) in [7, 11) is 0. The van der Waals surface area contributed by atoms with Crippen LogP contribution in [-0.2, 0) is 0 Å². The number of amides is 1. The van der Waals surface area contributed by atoms with E-state index in [2.05, 4.69) is 32.8 Å². The lowest BCUT2D eigenvalue weighted by Crippen LogP contribution is -2.42. The highest BCUT2D eigenvalue weighted by molar-refractivity contribution is 6.01. The second-order valence-electron chi connectivity index (χ2n) is 8.24. The van der Waals surface area contributed by atoms with Gasteiger partial charge in [0.1, 0.15) is 0 Å². The van der Waals surface area contributed by atoms with Gasteiger partial charge in [0.15, 0.2) is 0 Å². The second-order valence-corrected chi connectivity index (χ2v) is 8.24. The summed E-state index contributed by atoms with van der Waals surface area (Å²) in [6.07, 6.45) is 12.8. The molecule has 1 amide bonds. The Morgan fingerprint density at radius 3 is 2.74 bits per heavy atom. The Hall–Kier alpha value is -3.38. The minimum absolute atomic E-state index is 0.0425. The molecule has 1 saturated heterocycles. The van der Waals surface area contributed by atoms with Gasteiger partial charge in [0, 0.05) is 34.6 Å². The number of hydrogen-bond donors (Lipinski definition) is 4. The fraction of sp³-hybridized carbons (Fsp3) is 0.280. The molecule has 6 nitrogen and oxygen atoms in total. The first-order valence-electron chi connectivity index (χ1n) is 10.9. The van der Waals surface area contributed by atoms with Crippen LogP contribution in [0, 0.1) is 0 Å². The maximum Gasteiger partial charge on any atom is 0.257 e. The summed E-state index contributed by atoms with van der Waals surface area (Å²) in [6.45, 7) is 1.87. The monoisotopic (exact) mass is 414 g/mol. The molecule has 0 saturated carbocycles. The molecule has 1 unspecified atom stereocenters. The number of pyridine rings is 1. The van der Waals surface area contributed by atoms with E-state index in [1.54, 1.807) is 6.20 Å². The van der Waals surface area contributed by atoms with Crippen LogP contribution < -0.4 is 16.2 Å². The van der Waals surface area contributed by atoms with Crippen molar-refractivity contribution in [1.29, 1.82) is 0 Å². The average molecular weight is 415 g/mol. The van der Waals surface area contributed by atoms with Crippen molar-refractivity contribution in [2.45, 2.75) is 31.2 Å². The van der Waals surface area contributed by atoms with Gasteiger partial charge in [0.25, 0.3) is 11.5 Å². The Balaban J connectivity index is 1.59. The van der Waals surface area contributed by atoms with E-state index in [-0.39, 0.29) is 23.4 Å². The normalized spacial score (nSPS) is 19.0. The number of nitrogens with one attached hydrogen (secondary N) is 4. The second kappa shape index (κ2) is 8.40. The highest BCUT2D eigenvalue weighted by Gasteiger charge is 2.23. The number of piperidine rings is 1. The number of fused-ring (bicyclic) bond motifs is 1. The molecule has 2 aromatic heterocycles. The van der Waals surface area contributed by atoms with E-state index in [4.69, 9.17) is 0 Å².